The zero-order valence-electron chi connectivity index (χ0n) is 8.41. The first kappa shape index (κ1) is 9.78. The third-order valence-electron chi connectivity index (χ3n) is 2.78. The number of anilines is 1. The lowest BCUT2D eigenvalue weighted by molar-refractivity contribution is 0.726. The Morgan fingerprint density at radius 1 is 1.57 bits per heavy atom. The van der Waals surface area contributed by atoms with Gasteiger partial charge >= 0.3 is 0 Å². The topological polar surface area (TPSA) is 16.1 Å². The summed E-state index contributed by atoms with van der Waals surface area (Å²) >= 11 is 5.76. The summed E-state index contributed by atoms with van der Waals surface area (Å²) in [6.45, 7) is 3.38. The van der Waals surface area contributed by atoms with Crippen LogP contribution in [-0.2, 0) is 5.88 Å². The smallest absolute Gasteiger partial charge is 0.129 e. The Morgan fingerprint density at radius 3 is 3.07 bits per heavy atom. The van der Waals surface area contributed by atoms with E-state index in [2.05, 4.69) is 22.9 Å². The second-order valence-corrected chi connectivity index (χ2v) is 4.07. The minimum atomic E-state index is 0.496. The molecule has 0 aromatic carbocycles. The lowest BCUT2D eigenvalue weighted by Gasteiger charge is -2.22. The number of pyridine rings is 1. The molecule has 1 aromatic rings. The van der Waals surface area contributed by atoms with Crippen LogP contribution >= 0.6 is 11.6 Å². The Hall–Kier alpha value is -0.760. The number of hydrogen-bond acceptors (Lipinski definition) is 2. The summed E-state index contributed by atoms with van der Waals surface area (Å²) < 4.78 is 0. The van der Waals surface area contributed by atoms with E-state index in [1.165, 1.54) is 12.8 Å². The first-order chi connectivity index (χ1) is 6.81. The molecule has 1 aliphatic rings. The lowest BCUT2D eigenvalue weighted by Crippen LogP contribution is -2.27. The molecule has 0 bridgehead atoms. The Kier molecular flexibility index (Phi) is 2.92. The van der Waals surface area contributed by atoms with Crippen molar-refractivity contribution in [2.75, 3.05) is 11.4 Å². The normalized spacial score (nSPS) is 21.6. The minimum absolute atomic E-state index is 0.496. The van der Waals surface area contributed by atoms with Crippen LogP contribution in [0.4, 0.5) is 5.82 Å². The first-order valence-electron chi connectivity index (χ1n) is 5.10. The second-order valence-electron chi connectivity index (χ2n) is 3.81. The van der Waals surface area contributed by atoms with Crippen LogP contribution < -0.4 is 4.90 Å². The van der Waals surface area contributed by atoms with Crippen molar-refractivity contribution < 1.29 is 0 Å². The van der Waals surface area contributed by atoms with Gasteiger partial charge in [-0.3, -0.25) is 0 Å². The van der Waals surface area contributed by atoms with Crippen molar-refractivity contribution in [3.63, 3.8) is 0 Å². The van der Waals surface area contributed by atoms with Crippen LogP contribution in [0.2, 0.25) is 0 Å². The van der Waals surface area contributed by atoms with E-state index in [1.807, 2.05) is 12.1 Å². The maximum absolute atomic E-state index is 5.76. The van der Waals surface area contributed by atoms with Crippen LogP contribution in [0.5, 0.6) is 0 Å². The third-order valence-corrected chi connectivity index (χ3v) is 3.05. The van der Waals surface area contributed by atoms with Crippen molar-refractivity contribution in [3.8, 4) is 0 Å². The molecular weight excluding hydrogens is 196 g/mol. The largest absolute Gasteiger partial charge is 0.354 e. The highest BCUT2D eigenvalue weighted by atomic mass is 35.5. The average Bonchev–Trinajstić information content (AvgIpc) is 2.65. The minimum Gasteiger partial charge on any atom is -0.354 e. The number of alkyl halides is 1. The van der Waals surface area contributed by atoms with Crippen LogP contribution in [0.3, 0.4) is 0 Å². The highest BCUT2D eigenvalue weighted by Crippen LogP contribution is 2.23. The van der Waals surface area contributed by atoms with Gasteiger partial charge in [-0.1, -0.05) is 6.07 Å². The van der Waals surface area contributed by atoms with E-state index in [1.54, 1.807) is 0 Å². The van der Waals surface area contributed by atoms with Gasteiger partial charge in [0.15, 0.2) is 0 Å². The lowest BCUT2D eigenvalue weighted by atomic mass is 10.2. The predicted octanol–water partition coefficient (Wildman–Crippen LogP) is 2.81. The van der Waals surface area contributed by atoms with E-state index in [9.17, 15) is 0 Å². The molecule has 2 heterocycles. The molecule has 0 aliphatic carbocycles. The zero-order valence-corrected chi connectivity index (χ0v) is 9.17. The van der Waals surface area contributed by atoms with Crippen molar-refractivity contribution in [1.29, 1.82) is 0 Å². The summed E-state index contributed by atoms with van der Waals surface area (Å²) in [5.74, 6) is 1.57. The predicted molar refractivity (Wildman–Crippen MR) is 59.8 cm³/mol. The highest BCUT2D eigenvalue weighted by molar-refractivity contribution is 6.16. The standard InChI is InChI=1S/C11H15ClN2/c1-9-4-3-7-14(9)11-6-2-5-10(8-12)13-11/h2,5-6,9H,3-4,7-8H2,1H3. The van der Waals surface area contributed by atoms with Gasteiger partial charge in [0.1, 0.15) is 5.82 Å². The molecule has 1 aromatic heterocycles. The maximum atomic E-state index is 5.76. The number of hydrogen-bond donors (Lipinski definition) is 0. The van der Waals surface area contributed by atoms with Crippen LogP contribution in [0.25, 0.3) is 0 Å². The van der Waals surface area contributed by atoms with E-state index >= 15 is 0 Å². The van der Waals surface area contributed by atoms with E-state index in [0.717, 1.165) is 18.1 Å². The van der Waals surface area contributed by atoms with Gasteiger partial charge in [-0.25, -0.2) is 4.98 Å². The SMILES string of the molecule is CC1CCCN1c1cccc(CCl)n1. The summed E-state index contributed by atoms with van der Waals surface area (Å²) in [4.78, 5) is 6.87. The Balaban J connectivity index is 2.22. The van der Waals surface area contributed by atoms with Crippen LogP contribution in [0.1, 0.15) is 25.5 Å². The molecule has 1 aliphatic heterocycles. The Labute approximate surface area is 89.9 Å². The van der Waals surface area contributed by atoms with E-state index in [-0.39, 0.29) is 0 Å². The Bertz CT molecular complexity index is 314. The average molecular weight is 211 g/mol. The van der Waals surface area contributed by atoms with Gasteiger partial charge in [-0.05, 0) is 31.9 Å². The molecule has 0 amide bonds. The molecule has 2 rings (SSSR count). The molecule has 2 nitrogen and oxygen atoms in total. The maximum Gasteiger partial charge on any atom is 0.129 e. The van der Waals surface area contributed by atoms with Gasteiger partial charge in [0.25, 0.3) is 0 Å². The van der Waals surface area contributed by atoms with E-state index in [4.69, 9.17) is 11.6 Å². The molecule has 0 N–H and O–H groups in total. The first-order valence-corrected chi connectivity index (χ1v) is 5.63. The molecular formula is C11H15ClN2. The van der Waals surface area contributed by atoms with Crippen LogP contribution in [0.15, 0.2) is 18.2 Å². The van der Waals surface area contributed by atoms with Gasteiger partial charge < -0.3 is 4.90 Å². The van der Waals surface area contributed by atoms with Gasteiger partial charge in [0.2, 0.25) is 0 Å². The summed E-state index contributed by atoms with van der Waals surface area (Å²) in [7, 11) is 0. The molecule has 1 fully saturated rings. The van der Waals surface area contributed by atoms with Gasteiger partial charge in [-0.2, -0.15) is 0 Å². The van der Waals surface area contributed by atoms with Crippen molar-refractivity contribution in [1.82, 2.24) is 4.98 Å². The monoisotopic (exact) mass is 210 g/mol. The van der Waals surface area contributed by atoms with E-state index in [0.29, 0.717) is 11.9 Å². The van der Waals surface area contributed by atoms with Crippen LogP contribution in [0, 0.1) is 0 Å². The molecule has 0 radical (unpaired) electrons. The van der Waals surface area contributed by atoms with Gasteiger partial charge in [0.05, 0.1) is 11.6 Å². The van der Waals surface area contributed by atoms with Crippen molar-refractivity contribution in [2.24, 2.45) is 0 Å². The summed E-state index contributed by atoms with van der Waals surface area (Å²) in [6, 6.07) is 6.69. The third kappa shape index (κ3) is 1.85. The van der Waals surface area contributed by atoms with Crippen molar-refractivity contribution in [3.05, 3.63) is 23.9 Å². The fourth-order valence-electron chi connectivity index (χ4n) is 1.97. The molecule has 1 saturated heterocycles. The summed E-state index contributed by atoms with van der Waals surface area (Å²) in [5, 5.41) is 0. The molecule has 76 valence electrons. The van der Waals surface area contributed by atoms with Crippen LogP contribution in [-0.4, -0.2) is 17.6 Å². The quantitative estimate of drug-likeness (QED) is 0.698. The number of halogens is 1. The molecule has 1 atom stereocenters. The molecule has 0 spiro atoms. The zero-order chi connectivity index (χ0) is 9.97. The number of nitrogens with zero attached hydrogens (tertiary/aromatic N) is 2. The van der Waals surface area contributed by atoms with Gasteiger partial charge in [-0.15, -0.1) is 11.6 Å². The fourth-order valence-corrected chi connectivity index (χ4v) is 2.12. The van der Waals surface area contributed by atoms with Gasteiger partial charge in [0, 0.05) is 12.6 Å². The molecule has 0 saturated carbocycles. The van der Waals surface area contributed by atoms with Crippen molar-refractivity contribution >= 4 is 17.4 Å². The number of aromatic nitrogens is 1. The molecule has 1 unspecified atom stereocenters. The Morgan fingerprint density at radius 2 is 2.43 bits per heavy atom. The fraction of sp³-hybridized carbons (Fsp3) is 0.545. The highest BCUT2D eigenvalue weighted by Gasteiger charge is 2.21. The van der Waals surface area contributed by atoms with E-state index < -0.39 is 0 Å². The van der Waals surface area contributed by atoms with Crippen molar-refractivity contribution in [2.45, 2.75) is 31.7 Å². The summed E-state index contributed by atoms with van der Waals surface area (Å²) in [6.07, 6.45) is 2.54. The molecule has 3 heteroatoms. The number of rotatable bonds is 2. The summed E-state index contributed by atoms with van der Waals surface area (Å²) in [5.41, 5.74) is 0.961. The second kappa shape index (κ2) is 4.18. The molecule has 14 heavy (non-hydrogen) atoms.